The second kappa shape index (κ2) is 7.49. The van der Waals surface area contributed by atoms with Gasteiger partial charge in [0.15, 0.2) is 0 Å². The minimum absolute atomic E-state index is 0.0595. The molecule has 1 N–H and O–H groups in total. The second-order valence-electron chi connectivity index (χ2n) is 5.60. The van der Waals surface area contributed by atoms with Crippen molar-refractivity contribution in [2.24, 2.45) is 0 Å². The summed E-state index contributed by atoms with van der Waals surface area (Å²) in [4.78, 5) is 15.7. The number of carbonyl (C=O) groups excluding carboxylic acids is 1. The van der Waals surface area contributed by atoms with Gasteiger partial charge in [-0.3, -0.25) is 4.79 Å². The molecule has 1 amide bonds. The lowest BCUT2D eigenvalue weighted by atomic mass is 10.0. The molecule has 0 aliphatic heterocycles. The van der Waals surface area contributed by atoms with Crippen molar-refractivity contribution in [2.75, 3.05) is 6.54 Å². The van der Waals surface area contributed by atoms with Crippen molar-refractivity contribution in [3.8, 4) is 11.1 Å². The standard InChI is InChI=1S/C19H16ClFN2O2/c1-12-11-23-19(25-12)18(24)22-9-8-13-2-4-14(5-3-13)16-10-15(20)6-7-17(16)21/h2-7,10-11H,8-9H2,1H3,(H,22,24). The molecule has 0 radical (unpaired) electrons. The average Bonchev–Trinajstić information content (AvgIpc) is 3.04. The number of hydrogen-bond donors (Lipinski definition) is 1. The second-order valence-corrected chi connectivity index (χ2v) is 6.04. The highest BCUT2D eigenvalue weighted by molar-refractivity contribution is 6.30. The Bertz CT molecular complexity index is 891. The lowest BCUT2D eigenvalue weighted by Gasteiger charge is -2.07. The summed E-state index contributed by atoms with van der Waals surface area (Å²) in [5, 5.41) is 3.24. The van der Waals surface area contributed by atoms with Gasteiger partial charge < -0.3 is 9.73 Å². The number of aromatic nitrogens is 1. The van der Waals surface area contributed by atoms with Gasteiger partial charge in [-0.1, -0.05) is 35.9 Å². The number of hydrogen-bond acceptors (Lipinski definition) is 3. The lowest BCUT2D eigenvalue weighted by Crippen LogP contribution is -2.25. The van der Waals surface area contributed by atoms with Gasteiger partial charge in [0.25, 0.3) is 5.89 Å². The van der Waals surface area contributed by atoms with E-state index < -0.39 is 0 Å². The highest BCUT2D eigenvalue weighted by atomic mass is 35.5. The summed E-state index contributed by atoms with van der Waals surface area (Å²) in [6.07, 6.45) is 2.15. The zero-order chi connectivity index (χ0) is 17.8. The van der Waals surface area contributed by atoms with E-state index in [1.165, 1.54) is 18.3 Å². The number of benzene rings is 2. The monoisotopic (exact) mass is 358 g/mol. The molecule has 25 heavy (non-hydrogen) atoms. The third kappa shape index (κ3) is 4.25. The molecule has 0 spiro atoms. The molecule has 0 aliphatic rings. The fourth-order valence-electron chi connectivity index (χ4n) is 2.43. The van der Waals surface area contributed by atoms with Gasteiger partial charge in [0.1, 0.15) is 11.6 Å². The molecule has 0 fully saturated rings. The van der Waals surface area contributed by atoms with Crippen molar-refractivity contribution in [2.45, 2.75) is 13.3 Å². The molecule has 4 nitrogen and oxygen atoms in total. The van der Waals surface area contributed by atoms with E-state index in [0.29, 0.717) is 29.3 Å². The van der Waals surface area contributed by atoms with E-state index in [1.807, 2.05) is 24.3 Å². The van der Waals surface area contributed by atoms with E-state index in [9.17, 15) is 9.18 Å². The highest BCUT2D eigenvalue weighted by Gasteiger charge is 2.11. The summed E-state index contributed by atoms with van der Waals surface area (Å²) >= 11 is 5.93. The van der Waals surface area contributed by atoms with E-state index in [2.05, 4.69) is 10.3 Å². The van der Waals surface area contributed by atoms with E-state index in [-0.39, 0.29) is 17.6 Å². The van der Waals surface area contributed by atoms with Crippen LogP contribution in [0.1, 0.15) is 22.0 Å². The van der Waals surface area contributed by atoms with Crippen LogP contribution in [0.2, 0.25) is 5.02 Å². The number of aryl methyl sites for hydroxylation is 1. The molecule has 0 aliphatic carbocycles. The number of rotatable bonds is 5. The molecule has 3 aromatic rings. The molecule has 0 saturated carbocycles. The normalized spacial score (nSPS) is 10.7. The van der Waals surface area contributed by atoms with Crippen LogP contribution < -0.4 is 5.32 Å². The maximum absolute atomic E-state index is 13.9. The van der Waals surface area contributed by atoms with Crippen LogP contribution in [0.25, 0.3) is 11.1 Å². The van der Waals surface area contributed by atoms with Gasteiger partial charge in [0.2, 0.25) is 0 Å². The maximum Gasteiger partial charge on any atom is 0.307 e. The molecule has 0 saturated heterocycles. The maximum atomic E-state index is 13.9. The molecule has 3 rings (SSSR count). The first-order valence-corrected chi connectivity index (χ1v) is 8.16. The Morgan fingerprint density at radius 2 is 2.00 bits per heavy atom. The Kier molecular flexibility index (Phi) is 5.14. The number of oxazole rings is 1. The van der Waals surface area contributed by atoms with Crippen LogP contribution in [0.3, 0.4) is 0 Å². The Labute approximate surface area is 149 Å². The van der Waals surface area contributed by atoms with Gasteiger partial charge in [-0.15, -0.1) is 0 Å². The van der Waals surface area contributed by atoms with E-state index in [1.54, 1.807) is 13.0 Å². The third-order valence-corrected chi connectivity index (χ3v) is 3.94. The topological polar surface area (TPSA) is 55.1 Å². The first-order valence-electron chi connectivity index (χ1n) is 7.78. The highest BCUT2D eigenvalue weighted by Crippen LogP contribution is 2.26. The first-order chi connectivity index (χ1) is 12.0. The number of halogens is 2. The SMILES string of the molecule is Cc1cnc(C(=O)NCCc2ccc(-c3cc(Cl)ccc3F)cc2)o1. The zero-order valence-corrected chi connectivity index (χ0v) is 14.3. The smallest absolute Gasteiger partial charge is 0.307 e. The van der Waals surface area contributed by atoms with E-state index >= 15 is 0 Å². The van der Waals surface area contributed by atoms with Crippen LogP contribution in [-0.4, -0.2) is 17.4 Å². The van der Waals surface area contributed by atoms with Gasteiger partial charge in [-0.2, -0.15) is 0 Å². The summed E-state index contributed by atoms with van der Waals surface area (Å²) < 4.78 is 19.1. The van der Waals surface area contributed by atoms with Crippen molar-refractivity contribution < 1.29 is 13.6 Å². The summed E-state index contributed by atoms with van der Waals surface area (Å²) in [7, 11) is 0. The number of carbonyl (C=O) groups is 1. The van der Waals surface area contributed by atoms with Crippen LogP contribution >= 0.6 is 11.6 Å². The minimum Gasteiger partial charge on any atom is -0.438 e. The fourth-order valence-corrected chi connectivity index (χ4v) is 2.60. The van der Waals surface area contributed by atoms with Crippen LogP contribution in [-0.2, 0) is 6.42 Å². The predicted molar refractivity (Wildman–Crippen MR) is 94.1 cm³/mol. The summed E-state index contributed by atoms with van der Waals surface area (Å²) in [5.41, 5.74) is 2.24. The van der Waals surface area contributed by atoms with Gasteiger partial charge in [-0.05, 0) is 42.7 Å². The molecule has 0 unspecified atom stereocenters. The van der Waals surface area contributed by atoms with Crippen molar-refractivity contribution in [1.29, 1.82) is 0 Å². The molecular weight excluding hydrogens is 343 g/mol. The summed E-state index contributed by atoms with van der Waals surface area (Å²) in [6, 6.07) is 11.9. The van der Waals surface area contributed by atoms with E-state index in [0.717, 1.165) is 11.1 Å². The average molecular weight is 359 g/mol. The molecule has 0 atom stereocenters. The number of amides is 1. The quantitative estimate of drug-likeness (QED) is 0.734. The molecule has 1 heterocycles. The van der Waals surface area contributed by atoms with Crippen molar-refractivity contribution in [3.05, 3.63) is 76.7 Å². The van der Waals surface area contributed by atoms with Crippen LogP contribution in [0.4, 0.5) is 4.39 Å². The first kappa shape index (κ1) is 17.2. The molecule has 1 aromatic heterocycles. The number of nitrogens with zero attached hydrogens (tertiary/aromatic N) is 1. The van der Waals surface area contributed by atoms with Crippen LogP contribution in [0, 0.1) is 12.7 Å². The molecule has 6 heteroatoms. The Morgan fingerprint density at radius 1 is 1.24 bits per heavy atom. The third-order valence-electron chi connectivity index (χ3n) is 3.71. The van der Waals surface area contributed by atoms with Gasteiger partial charge in [0.05, 0.1) is 6.20 Å². The summed E-state index contributed by atoms with van der Waals surface area (Å²) in [5.74, 6) is -0.00496. The van der Waals surface area contributed by atoms with Crippen molar-refractivity contribution in [3.63, 3.8) is 0 Å². The Balaban J connectivity index is 1.59. The van der Waals surface area contributed by atoms with E-state index in [4.69, 9.17) is 16.0 Å². The lowest BCUT2D eigenvalue weighted by molar-refractivity contribution is 0.0918. The summed E-state index contributed by atoms with van der Waals surface area (Å²) in [6.45, 7) is 2.18. The van der Waals surface area contributed by atoms with Crippen LogP contribution in [0.15, 0.2) is 53.1 Å². The largest absolute Gasteiger partial charge is 0.438 e. The van der Waals surface area contributed by atoms with Gasteiger partial charge >= 0.3 is 5.91 Å². The van der Waals surface area contributed by atoms with Crippen molar-refractivity contribution >= 4 is 17.5 Å². The Morgan fingerprint density at radius 3 is 2.68 bits per heavy atom. The number of nitrogens with one attached hydrogen (secondary N) is 1. The molecule has 128 valence electrons. The minimum atomic E-state index is -0.342. The molecule has 0 bridgehead atoms. The molecule has 2 aromatic carbocycles. The van der Waals surface area contributed by atoms with Crippen LogP contribution in [0.5, 0.6) is 0 Å². The molecular formula is C19H16ClFN2O2. The fraction of sp³-hybridized carbons (Fsp3) is 0.158. The van der Waals surface area contributed by atoms with Crippen molar-refractivity contribution in [1.82, 2.24) is 10.3 Å². The predicted octanol–water partition coefficient (Wildman–Crippen LogP) is 4.42. The van der Waals surface area contributed by atoms with Gasteiger partial charge in [-0.25, -0.2) is 9.37 Å². The van der Waals surface area contributed by atoms with Gasteiger partial charge in [0, 0.05) is 17.1 Å². The Hall–Kier alpha value is -2.66. The zero-order valence-electron chi connectivity index (χ0n) is 13.6.